The second-order valence-corrected chi connectivity index (χ2v) is 8.23. The molecule has 0 saturated carbocycles. The van der Waals surface area contributed by atoms with Crippen molar-refractivity contribution in [1.82, 2.24) is 9.55 Å². The molecule has 0 spiro atoms. The molecule has 2 heterocycles. The van der Waals surface area contributed by atoms with Crippen molar-refractivity contribution in [3.63, 3.8) is 0 Å². The second kappa shape index (κ2) is 7.63. The fourth-order valence-corrected chi connectivity index (χ4v) is 3.68. The van der Waals surface area contributed by atoms with E-state index in [1.54, 1.807) is 35.0 Å². The van der Waals surface area contributed by atoms with Crippen LogP contribution in [0.15, 0.2) is 48.7 Å². The zero-order chi connectivity index (χ0) is 20.5. The quantitative estimate of drug-likeness (QED) is 0.563. The maximum Gasteiger partial charge on any atom is 0.250 e. The van der Waals surface area contributed by atoms with Crippen molar-refractivity contribution >= 4 is 33.2 Å². The number of nitrogens with one attached hydrogen (secondary N) is 1. The monoisotopic (exact) mass is 420 g/mol. The van der Waals surface area contributed by atoms with E-state index in [2.05, 4.69) is 9.71 Å². The lowest BCUT2D eigenvalue weighted by Gasteiger charge is -2.14. The van der Waals surface area contributed by atoms with Gasteiger partial charge in [-0.05, 0) is 36.4 Å². The van der Waals surface area contributed by atoms with E-state index in [0.29, 0.717) is 22.8 Å². The van der Waals surface area contributed by atoms with Crippen molar-refractivity contribution in [2.45, 2.75) is 6.61 Å². The first kappa shape index (κ1) is 19.9. The highest BCUT2D eigenvalue weighted by molar-refractivity contribution is 7.92. The molecule has 8 nitrogen and oxygen atoms in total. The number of halogens is 1. The van der Waals surface area contributed by atoms with Crippen LogP contribution in [-0.4, -0.2) is 35.2 Å². The third kappa shape index (κ3) is 4.16. The van der Waals surface area contributed by atoms with Crippen LogP contribution in [0.1, 0.15) is 16.1 Å². The number of pyridine rings is 1. The predicted octanol–water partition coefficient (Wildman–Crippen LogP) is 2.16. The number of hydrogen-bond acceptors (Lipinski definition) is 5. The number of aliphatic hydroxyl groups excluding tert-OH is 1. The summed E-state index contributed by atoms with van der Waals surface area (Å²) in [5.74, 6) is -0.261. The largest absolute Gasteiger partial charge is 0.390 e. The molecule has 1 aromatic carbocycles. The number of aliphatic hydroxyl groups is 1. The van der Waals surface area contributed by atoms with Gasteiger partial charge in [0.25, 0.3) is 5.91 Å². The summed E-state index contributed by atoms with van der Waals surface area (Å²) in [6.07, 6.45) is 2.59. The molecule has 2 aromatic heterocycles. The molecule has 1 amide bonds. The molecule has 4 N–H and O–H groups in total. The minimum atomic E-state index is -3.54. The van der Waals surface area contributed by atoms with Crippen LogP contribution in [0.2, 0.25) is 5.02 Å². The standard InChI is InChI=1S/C18H17ClN4O4S/c1-28(26,27)22-13-7-11(6-12(19)8-13)17-15(18(20)25)9-14(10-24)23(17)16-4-2-3-5-21-16/h2-9,22,24H,10H2,1H3,(H2,20,25). The van der Waals surface area contributed by atoms with Gasteiger partial charge in [-0.1, -0.05) is 17.7 Å². The summed E-state index contributed by atoms with van der Waals surface area (Å²) in [5, 5.41) is 10.0. The number of amides is 1. The third-order valence-corrected chi connectivity index (χ3v) is 4.68. The van der Waals surface area contributed by atoms with Gasteiger partial charge in [-0.25, -0.2) is 13.4 Å². The first-order valence-corrected chi connectivity index (χ1v) is 10.3. The first-order valence-electron chi connectivity index (χ1n) is 8.05. The summed E-state index contributed by atoms with van der Waals surface area (Å²) in [6.45, 7) is -0.369. The number of carbonyl (C=O) groups excluding carboxylic acids is 1. The van der Waals surface area contributed by atoms with Gasteiger partial charge in [-0.15, -0.1) is 0 Å². The number of hydrogen-bond donors (Lipinski definition) is 3. The number of primary amides is 1. The van der Waals surface area contributed by atoms with Crippen LogP contribution in [0.25, 0.3) is 17.1 Å². The number of nitrogens with two attached hydrogens (primary N) is 1. The molecule has 3 aromatic rings. The normalized spacial score (nSPS) is 11.4. The van der Waals surface area contributed by atoms with Crippen LogP contribution in [0.5, 0.6) is 0 Å². The van der Waals surface area contributed by atoms with Crippen molar-refractivity contribution in [3.8, 4) is 17.1 Å². The summed E-state index contributed by atoms with van der Waals surface area (Å²) >= 11 is 6.17. The highest BCUT2D eigenvalue weighted by atomic mass is 35.5. The topological polar surface area (TPSA) is 127 Å². The summed E-state index contributed by atoms with van der Waals surface area (Å²) in [7, 11) is -3.54. The SMILES string of the molecule is CS(=O)(=O)Nc1cc(Cl)cc(-c2c(C(N)=O)cc(CO)n2-c2ccccn2)c1. The van der Waals surface area contributed by atoms with E-state index in [1.807, 2.05) is 0 Å². The van der Waals surface area contributed by atoms with Crippen molar-refractivity contribution in [3.05, 3.63) is 64.9 Å². The molecule has 0 saturated heterocycles. The Labute approximate surface area is 166 Å². The maximum absolute atomic E-state index is 12.1. The number of benzene rings is 1. The number of aromatic nitrogens is 2. The summed E-state index contributed by atoms with van der Waals surface area (Å²) < 4.78 is 27.1. The van der Waals surface area contributed by atoms with E-state index in [1.165, 1.54) is 18.2 Å². The van der Waals surface area contributed by atoms with Gasteiger partial charge in [0.1, 0.15) is 5.82 Å². The molecular weight excluding hydrogens is 404 g/mol. The molecule has 146 valence electrons. The number of nitrogens with zero attached hydrogens (tertiary/aromatic N) is 2. The average molecular weight is 421 g/mol. The predicted molar refractivity (Wildman–Crippen MR) is 107 cm³/mol. The molecule has 0 bridgehead atoms. The summed E-state index contributed by atoms with van der Waals surface area (Å²) in [5.41, 5.74) is 7.07. The van der Waals surface area contributed by atoms with Crippen LogP contribution in [0, 0.1) is 0 Å². The summed E-state index contributed by atoms with van der Waals surface area (Å²) in [4.78, 5) is 16.3. The van der Waals surface area contributed by atoms with Gasteiger partial charge in [0.05, 0.1) is 35.5 Å². The lowest BCUT2D eigenvalue weighted by atomic mass is 10.1. The van der Waals surface area contributed by atoms with Crippen molar-refractivity contribution in [2.75, 3.05) is 11.0 Å². The molecule has 0 unspecified atom stereocenters. The van der Waals surface area contributed by atoms with E-state index >= 15 is 0 Å². The number of anilines is 1. The molecule has 0 aliphatic heterocycles. The molecule has 0 fully saturated rings. The molecule has 10 heteroatoms. The zero-order valence-electron chi connectivity index (χ0n) is 14.8. The minimum Gasteiger partial charge on any atom is -0.390 e. The Hall–Kier alpha value is -2.88. The lowest BCUT2D eigenvalue weighted by Crippen LogP contribution is -2.13. The minimum absolute atomic E-state index is 0.141. The molecular formula is C18H17ClN4O4S. The molecule has 0 aliphatic carbocycles. The number of rotatable bonds is 6. The number of carbonyl (C=O) groups is 1. The zero-order valence-corrected chi connectivity index (χ0v) is 16.3. The van der Waals surface area contributed by atoms with Gasteiger partial charge in [0, 0.05) is 16.8 Å². The average Bonchev–Trinajstić information content (AvgIpc) is 3.00. The van der Waals surface area contributed by atoms with E-state index in [9.17, 15) is 18.3 Å². The molecule has 0 radical (unpaired) electrons. The summed E-state index contributed by atoms with van der Waals surface area (Å²) in [6, 6.07) is 11.2. The van der Waals surface area contributed by atoms with E-state index in [4.69, 9.17) is 17.3 Å². The van der Waals surface area contributed by atoms with Crippen LogP contribution in [0.4, 0.5) is 5.69 Å². The van der Waals surface area contributed by atoms with E-state index in [0.717, 1.165) is 6.26 Å². The van der Waals surface area contributed by atoms with Gasteiger partial charge in [0.15, 0.2) is 0 Å². The van der Waals surface area contributed by atoms with Crippen LogP contribution in [-0.2, 0) is 16.6 Å². The lowest BCUT2D eigenvalue weighted by molar-refractivity contribution is 0.100. The van der Waals surface area contributed by atoms with Crippen LogP contribution < -0.4 is 10.5 Å². The Morgan fingerprint density at radius 2 is 2.04 bits per heavy atom. The Kier molecular flexibility index (Phi) is 5.41. The molecule has 28 heavy (non-hydrogen) atoms. The fraction of sp³-hybridized carbons (Fsp3) is 0.111. The molecule has 0 atom stereocenters. The number of sulfonamides is 1. The van der Waals surface area contributed by atoms with Crippen molar-refractivity contribution in [2.24, 2.45) is 5.73 Å². The van der Waals surface area contributed by atoms with E-state index < -0.39 is 15.9 Å². The van der Waals surface area contributed by atoms with Gasteiger partial charge >= 0.3 is 0 Å². The van der Waals surface area contributed by atoms with Gasteiger partial charge in [-0.2, -0.15) is 0 Å². The Bertz CT molecular complexity index is 1140. The Morgan fingerprint density at radius 1 is 1.29 bits per heavy atom. The highest BCUT2D eigenvalue weighted by Crippen LogP contribution is 2.34. The smallest absolute Gasteiger partial charge is 0.250 e. The third-order valence-electron chi connectivity index (χ3n) is 3.86. The van der Waals surface area contributed by atoms with Crippen molar-refractivity contribution < 1.29 is 18.3 Å². The molecule has 3 rings (SSSR count). The van der Waals surface area contributed by atoms with E-state index in [-0.39, 0.29) is 22.9 Å². The maximum atomic E-state index is 12.1. The van der Waals surface area contributed by atoms with Gasteiger partial charge < -0.3 is 10.8 Å². The van der Waals surface area contributed by atoms with Crippen LogP contribution in [0.3, 0.4) is 0 Å². The van der Waals surface area contributed by atoms with Gasteiger partial charge in [0.2, 0.25) is 10.0 Å². The van der Waals surface area contributed by atoms with Gasteiger partial charge in [-0.3, -0.25) is 14.1 Å². The first-order chi connectivity index (χ1) is 13.2. The Balaban J connectivity index is 2.32. The van der Waals surface area contributed by atoms with Crippen molar-refractivity contribution in [1.29, 1.82) is 0 Å². The highest BCUT2D eigenvalue weighted by Gasteiger charge is 2.22. The molecule has 0 aliphatic rings. The van der Waals surface area contributed by atoms with Crippen LogP contribution >= 0.6 is 11.6 Å². The Morgan fingerprint density at radius 3 is 2.61 bits per heavy atom. The fourth-order valence-electron chi connectivity index (χ4n) is 2.90. The second-order valence-electron chi connectivity index (χ2n) is 6.05.